The Balaban J connectivity index is 0.00000192. The molecule has 3 rings (SSSR count). The summed E-state index contributed by atoms with van der Waals surface area (Å²) in [5.41, 5.74) is 1.37. The van der Waals surface area contributed by atoms with Crippen molar-refractivity contribution in [2.75, 3.05) is 0 Å². The van der Waals surface area contributed by atoms with Crippen LogP contribution in [-0.2, 0) is 0 Å². The molecule has 0 aliphatic rings. The van der Waals surface area contributed by atoms with E-state index in [0.717, 1.165) is 5.69 Å². The monoisotopic (exact) mass is 420 g/mol. The maximum Gasteiger partial charge on any atom is 0.223 e. The molecule has 0 aliphatic carbocycles. The average molecular weight is 420 g/mol. The number of para-hydroxylation sites is 3. The lowest BCUT2D eigenvalue weighted by Gasteiger charge is -2.27. The van der Waals surface area contributed by atoms with Crippen molar-refractivity contribution in [2.45, 2.75) is 0 Å². The van der Waals surface area contributed by atoms with E-state index in [0.29, 0.717) is 16.6 Å². The van der Waals surface area contributed by atoms with Gasteiger partial charge in [0.05, 0.1) is 0 Å². The predicted molar refractivity (Wildman–Crippen MR) is 84.6 cm³/mol. The molecule has 0 aliphatic heterocycles. The van der Waals surface area contributed by atoms with Crippen molar-refractivity contribution in [3.05, 3.63) is 96.2 Å². The van der Waals surface area contributed by atoms with Gasteiger partial charge in [0.2, 0.25) is 5.69 Å². The van der Waals surface area contributed by atoms with Crippen LogP contribution in [0.2, 0.25) is 0 Å². The maximum atomic E-state index is 12.8. The van der Waals surface area contributed by atoms with Gasteiger partial charge in [-0.05, 0) is 12.1 Å². The fourth-order valence-electron chi connectivity index (χ4n) is 2.15. The molecule has 2 N–H and O–H groups in total. The van der Waals surface area contributed by atoms with Crippen LogP contribution < -0.4 is 39.2 Å². The standard InChI is InChI=1S/C18H17N2O2.HI/c21-19(16-10-4-1-5-11-16)20(17-12-6-2-7-13-17)22-18-14-8-3-9-15-18;/h1-15,19-20H;1H/q+1;/p-1. The third kappa shape index (κ3) is 4.52. The Morgan fingerprint density at radius 2 is 1.04 bits per heavy atom. The molecule has 0 amide bonds. The summed E-state index contributed by atoms with van der Waals surface area (Å²) in [5.74, 6) is 0.644. The molecule has 0 aromatic heterocycles. The van der Waals surface area contributed by atoms with Gasteiger partial charge in [0.1, 0.15) is 0 Å². The lowest BCUT2D eigenvalue weighted by atomic mass is 10.3. The average Bonchev–Trinajstić information content (AvgIpc) is 2.61. The first-order valence-corrected chi connectivity index (χ1v) is 7.09. The van der Waals surface area contributed by atoms with Gasteiger partial charge < -0.3 is 29.2 Å². The first kappa shape index (κ1) is 17.4. The Labute approximate surface area is 152 Å². The van der Waals surface area contributed by atoms with Crippen molar-refractivity contribution in [1.29, 1.82) is 0 Å². The molecule has 0 fully saturated rings. The van der Waals surface area contributed by atoms with Gasteiger partial charge in [-0.2, -0.15) is 0 Å². The Kier molecular flexibility index (Phi) is 6.54. The molecule has 3 aromatic rings. The molecule has 23 heavy (non-hydrogen) atoms. The highest BCUT2D eigenvalue weighted by atomic mass is 127. The van der Waals surface area contributed by atoms with E-state index in [-0.39, 0.29) is 29.1 Å². The van der Waals surface area contributed by atoms with E-state index >= 15 is 0 Å². The van der Waals surface area contributed by atoms with Gasteiger partial charge in [-0.3, -0.25) is 4.84 Å². The second kappa shape index (κ2) is 8.64. The second-order valence-electron chi connectivity index (χ2n) is 4.81. The SMILES string of the molecule is [I-].[O-][NH+](c1ccccc1)[NH+](Oc1ccccc1)c1ccccc1. The molecule has 2 unspecified atom stereocenters. The minimum absolute atomic E-state index is 0. The van der Waals surface area contributed by atoms with Gasteiger partial charge in [-0.25, -0.2) is 0 Å². The predicted octanol–water partition coefficient (Wildman–Crippen LogP) is -1.17. The van der Waals surface area contributed by atoms with Crippen LogP contribution in [0.3, 0.4) is 0 Å². The highest BCUT2D eigenvalue weighted by molar-refractivity contribution is 5.30. The zero-order valence-corrected chi connectivity index (χ0v) is 14.5. The van der Waals surface area contributed by atoms with Crippen molar-refractivity contribution in [1.82, 2.24) is 0 Å². The van der Waals surface area contributed by atoms with Crippen LogP contribution in [0.25, 0.3) is 0 Å². The van der Waals surface area contributed by atoms with Gasteiger partial charge in [-0.15, -0.1) is 5.17 Å². The third-order valence-corrected chi connectivity index (χ3v) is 3.24. The van der Waals surface area contributed by atoms with Crippen LogP contribution in [0.5, 0.6) is 5.75 Å². The number of benzene rings is 3. The molecule has 0 spiro atoms. The van der Waals surface area contributed by atoms with Crippen molar-refractivity contribution >= 4 is 11.4 Å². The summed E-state index contributed by atoms with van der Waals surface area (Å²) in [4.78, 5) is 5.88. The summed E-state index contributed by atoms with van der Waals surface area (Å²) < 4.78 is 0. The number of hydrogen-bond acceptors (Lipinski definition) is 2. The maximum absolute atomic E-state index is 12.8. The van der Waals surface area contributed by atoms with Crippen molar-refractivity contribution < 1.29 is 39.2 Å². The van der Waals surface area contributed by atoms with Crippen LogP contribution in [0.15, 0.2) is 91.0 Å². The molecule has 0 radical (unpaired) electrons. The second-order valence-corrected chi connectivity index (χ2v) is 4.81. The molecule has 5 heteroatoms. The number of halogens is 1. The fourth-order valence-corrected chi connectivity index (χ4v) is 2.15. The number of quaternary nitrogens is 2. The van der Waals surface area contributed by atoms with E-state index < -0.39 is 0 Å². The van der Waals surface area contributed by atoms with Gasteiger partial charge in [0.25, 0.3) is 0 Å². The Morgan fingerprint density at radius 1 is 0.609 bits per heavy atom. The van der Waals surface area contributed by atoms with E-state index in [1.165, 1.54) is 0 Å². The van der Waals surface area contributed by atoms with Crippen LogP contribution in [0, 0.1) is 5.21 Å². The Bertz CT molecular complexity index is 696. The lowest BCUT2D eigenvalue weighted by molar-refractivity contribution is -1.50. The minimum Gasteiger partial charge on any atom is -1.00 e. The van der Waals surface area contributed by atoms with Crippen LogP contribution in [0.4, 0.5) is 11.4 Å². The quantitative estimate of drug-likeness (QED) is 0.404. The topological polar surface area (TPSA) is 41.2 Å². The first-order valence-electron chi connectivity index (χ1n) is 7.09. The smallest absolute Gasteiger partial charge is 0.223 e. The van der Waals surface area contributed by atoms with E-state index in [1.54, 1.807) is 12.1 Å². The zero-order valence-electron chi connectivity index (χ0n) is 12.4. The van der Waals surface area contributed by atoms with E-state index in [4.69, 9.17) is 4.84 Å². The summed E-state index contributed by atoms with van der Waals surface area (Å²) in [6.07, 6.45) is 0. The molecular formula is C18H17IN2O2. The summed E-state index contributed by atoms with van der Waals surface area (Å²) in [5, 5.41) is 13.0. The lowest BCUT2D eigenvalue weighted by Crippen LogP contribution is -3.54. The van der Waals surface area contributed by atoms with Crippen molar-refractivity contribution in [3.8, 4) is 5.75 Å². The number of rotatable bonds is 5. The van der Waals surface area contributed by atoms with E-state index in [2.05, 4.69) is 0 Å². The third-order valence-electron chi connectivity index (χ3n) is 3.24. The molecule has 0 saturated heterocycles. The number of hydrogen-bond donors (Lipinski definition) is 2. The summed E-state index contributed by atoms with van der Waals surface area (Å²) in [6, 6.07) is 27.9. The molecule has 118 valence electrons. The van der Waals surface area contributed by atoms with Gasteiger partial charge in [-0.1, -0.05) is 54.6 Å². The van der Waals surface area contributed by atoms with E-state index in [1.807, 2.05) is 78.9 Å². The van der Waals surface area contributed by atoms with E-state index in [9.17, 15) is 5.21 Å². The van der Waals surface area contributed by atoms with Gasteiger partial charge in [0, 0.05) is 29.4 Å². The normalized spacial score (nSPS) is 12.7. The number of nitrogens with one attached hydrogen (secondary N) is 2. The van der Waals surface area contributed by atoms with Crippen LogP contribution >= 0.6 is 0 Å². The Hall–Kier alpha value is -1.93. The fraction of sp³-hybridized carbons (Fsp3) is 0. The molecular weight excluding hydrogens is 403 g/mol. The van der Waals surface area contributed by atoms with Crippen LogP contribution in [0.1, 0.15) is 0 Å². The summed E-state index contributed by atoms with van der Waals surface area (Å²) in [6.45, 7) is 0. The largest absolute Gasteiger partial charge is 1.00 e. The molecule has 0 bridgehead atoms. The first-order chi connectivity index (χ1) is 10.8. The highest BCUT2D eigenvalue weighted by Crippen LogP contribution is 2.07. The van der Waals surface area contributed by atoms with Crippen LogP contribution in [-0.4, -0.2) is 0 Å². The molecule has 0 heterocycles. The molecule has 0 saturated carbocycles. The highest BCUT2D eigenvalue weighted by Gasteiger charge is 2.23. The minimum atomic E-state index is -0.129. The summed E-state index contributed by atoms with van der Waals surface area (Å²) >= 11 is 0. The summed E-state index contributed by atoms with van der Waals surface area (Å²) in [7, 11) is 0. The van der Waals surface area contributed by atoms with Crippen molar-refractivity contribution in [2.24, 2.45) is 0 Å². The molecule has 4 nitrogen and oxygen atoms in total. The zero-order chi connectivity index (χ0) is 15.2. The molecule has 2 atom stereocenters. The van der Waals surface area contributed by atoms with Gasteiger partial charge in [0.15, 0.2) is 11.4 Å². The molecule has 3 aromatic carbocycles. The van der Waals surface area contributed by atoms with Crippen molar-refractivity contribution in [3.63, 3.8) is 0 Å². The Morgan fingerprint density at radius 3 is 1.57 bits per heavy atom. The van der Waals surface area contributed by atoms with Gasteiger partial charge >= 0.3 is 0 Å².